The molecule has 86 valence electrons. The van der Waals surface area contributed by atoms with Crippen molar-refractivity contribution < 1.29 is 14.2 Å². The van der Waals surface area contributed by atoms with Crippen LogP contribution in [0.3, 0.4) is 0 Å². The predicted molar refractivity (Wildman–Crippen MR) is 57.2 cm³/mol. The van der Waals surface area contributed by atoms with Crippen molar-refractivity contribution in [2.24, 2.45) is 0 Å². The van der Waals surface area contributed by atoms with E-state index in [0.29, 0.717) is 0 Å². The van der Waals surface area contributed by atoms with Gasteiger partial charge in [-0.25, -0.2) is 0 Å². The summed E-state index contributed by atoms with van der Waals surface area (Å²) in [4.78, 5) is 0. The van der Waals surface area contributed by atoms with Crippen LogP contribution in [0.1, 0.15) is 41.5 Å². The number of alkyl halides is 1. The number of ether oxygens (including phenoxy) is 3. The summed E-state index contributed by atoms with van der Waals surface area (Å²) in [5.41, 5.74) is -1.46. The molecule has 0 radical (unpaired) electrons. The van der Waals surface area contributed by atoms with Gasteiger partial charge in [0.25, 0.3) is 0 Å². The van der Waals surface area contributed by atoms with Crippen LogP contribution >= 0.6 is 11.6 Å². The van der Waals surface area contributed by atoms with Crippen molar-refractivity contribution in [3.8, 4) is 0 Å². The van der Waals surface area contributed by atoms with Crippen LogP contribution in [0.2, 0.25) is 0 Å². The Labute approximate surface area is 91.7 Å². The zero-order valence-electron chi connectivity index (χ0n) is 9.83. The zero-order chi connectivity index (χ0) is 11.4. The van der Waals surface area contributed by atoms with E-state index in [1.165, 1.54) is 0 Å². The summed E-state index contributed by atoms with van der Waals surface area (Å²) in [6.45, 7) is 11.3. The van der Waals surface area contributed by atoms with Gasteiger partial charge in [-0.15, -0.1) is 0 Å². The highest BCUT2D eigenvalue weighted by atomic mass is 35.5. The van der Waals surface area contributed by atoms with Crippen molar-refractivity contribution in [2.75, 3.05) is 0 Å². The third-order valence-electron chi connectivity index (χ3n) is 1.13. The molecule has 0 atom stereocenters. The van der Waals surface area contributed by atoms with Crippen molar-refractivity contribution in [1.29, 1.82) is 0 Å². The zero-order valence-corrected chi connectivity index (χ0v) is 10.6. The van der Waals surface area contributed by atoms with Crippen LogP contribution in [-0.2, 0) is 14.2 Å². The van der Waals surface area contributed by atoms with E-state index in [1.54, 1.807) is 0 Å². The van der Waals surface area contributed by atoms with E-state index in [0.717, 1.165) is 0 Å². The second-order valence-electron chi connectivity index (χ2n) is 3.98. The summed E-state index contributed by atoms with van der Waals surface area (Å²) < 4.78 is 16.1. The van der Waals surface area contributed by atoms with Crippen molar-refractivity contribution in [2.45, 2.75) is 65.3 Å². The first-order valence-electron chi connectivity index (χ1n) is 4.97. The van der Waals surface area contributed by atoms with Gasteiger partial charge in [0.1, 0.15) is 0 Å². The van der Waals surface area contributed by atoms with Crippen LogP contribution in [0.25, 0.3) is 0 Å². The van der Waals surface area contributed by atoms with Gasteiger partial charge < -0.3 is 14.2 Å². The van der Waals surface area contributed by atoms with E-state index < -0.39 is 5.43 Å². The predicted octanol–water partition coefficient (Wildman–Crippen LogP) is 3.11. The molecule has 0 spiro atoms. The molecule has 0 N–H and O–H groups in total. The number of rotatable bonds is 6. The van der Waals surface area contributed by atoms with Crippen molar-refractivity contribution in [3.05, 3.63) is 0 Å². The summed E-state index contributed by atoms with van der Waals surface area (Å²) in [7, 11) is 0. The van der Waals surface area contributed by atoms with E-state index in [1.807, 2.05) is 41.5 Å². The first-order valence-corrected chi connectivity index (χ1v) is 5.35. The lowest BCUT2D eigenvalue weighted by molar-refractivity contribution is -0.356. The first-order chi connectivity index (χ1) is 6.25. The summed E-state index contributed by atoms with van der Waals surface area (Å²) >= 11 is 6.06. The molecule has 0 aliphatic carbocycles. The Morgan fingerprint density at radius 3 is 1.07 bits per heavy atom. The van der Waals surface area contributed by atoms with Crippen molar-refractivity contribution in [3.63, 3.8) is 0 Å². The largest absolute Gasteiger partial charge is 0.371 e. The normalized spacial score (nSPS) is 13.3. The van der Waals surface area contributed by atoms with Crippen molar-refractivity contribution >= 4 is 11.6 Å². The van der Waals surface area contributed by atoms with Crippen LogP contribution in [0.15, 0.2) is 0 Å². The number of hydrogen-bond acceptors (Lipinski definition) is 3. The lowest BCUT2D eigenvalue weighted by atomic mass is 10.5. The molecule has 0 aromatic carbocycles. The van der Waals surface area contributed by atoms with E-state index in [2.05, 4.69) is 0 Å². The van der Waals surface area contributed by atoms with Crippen LogP contribution in [-0.4, -0.2) is 23.7 Å². The minimum Gasteiger partial charge on any atom is -0.311 e. The van der Waals surface area contributed by atoms with Gasteiger partial charge in [0.15, 0.2) is 0 Å². The molecular formula is C10H21ClO3. The van der Waals surface area contributed by atoms with Crippen LogP contribution < -0.4 is 0 Å². The topological polar surface area (TPSA) is 27.7 Å². The summed E-state index contributed by atoms with van der Waals surface area (Å²) in [5.74, 6) is 0. The van der Waals surface area contributed by atoms with Gasteiger partial charge in [0.05, 0.1) is 18.3 Å². The molecule has 0 heterocycles. The van der Waals surface area contributed by atoms with Crippen LogP contribution in [0, 0.1) is 0 Å². The third-order valence-corrected chi connectivity index (χ3v) is 1.40. The van der Waals surface area contributed by atoms with Crippen molar-refractivity contribution in [1.82, 2.24) is 0 Å². The lowest BCUT2D eigenvalue weighted by Gasteiger charge is -2.31. The highest BCUT2D eigenvalue weighted by Crippen LogP contribution is 2.26. The second kappa shape index (κ2) is 5.91. The third kappa shape index (κ3) is 6.60. The van der Waals surface area contributed by atoms with E-state index in [9.17, 15) is 0 Å². The minimum absolute atomic E-state index is 0.0509. The van der Waals surface area contributed by atoms with Crippen LogP contribution in [0.5, 0.6) is 0 Å². The van der Waals surface area contributed by atoms with Gasteiger partial charge >= 0.3 is 5.43 Å². The molecular weight excluding hydrogens is 204 g/mol. The Morgan fingerprint density at radius 2 is 0.929 bits per heavy atom. The van der Waals surface area contributed by atoms with Gasteiger partial charge in [-0.1, -0.05) is 0 Å². The van der Waals surface area contributed by atoms with E-state index >= 15 is 0 Å². The van der Waals surface area contributed by atoms with Gasteiger partial charge in [-0.2, -0.15) is 0 Å². The smallest absolute Gasteiger partial charge is 0.311 e. The Hall–Kier alpha value is 0.170. The minimum atomic E-state index is -1.46. The summed E-state index contributed by atoms with van der Waals surface area (Å²) in [6.07, 6.45) is -0.153. The van der Waals surface area contributed by atoms with Gasteiger partial charge in [-0.05, 0) is 53.1 Å². The summed E-state index contributed by atoms with van der Waals surface area (Å²) in [6, 6.07) is 0. The fourth-order valence-electron chi connectivity index (χ4n) is 0.928. The molecule has 0 aliphatic rings. The molecule has 0 amide bonds. The fraction of sp³-hybridized carbons (Fsp3) is 1.00. The molecule has 0 aromatic heterocycles. The quantitative estimate of drug-likeness (QED) is 0.513. The Bertz CT molecular complexity index is 131. The average Bonchev–Trinajstić information content (AvgIpc) is 1.76. The van der Waals surface area contributed by atoms with E-state index in [-0.39, 0.29) is 18.3 Å². The highest BCUT2D eigenvalue weighted by Gasteiger charge is 2.34. The molecule has 0 fully saturated rings. The number of halogens is 1. The van der Waals surface area contributed by atoms with Crippen LogP contribution in [0.4, 0.5) is 0 Å². The maximum atomic E-state index is 6.06. The standard InChI is InChI=1S/C10H21ClO3/c1-7(2)12-10(11,13-8(3)4)14-9(5)6/h7-9H,1-6H3. The first kappa shape index (κ1) is 14.2. The molecule has 0 aromatic rings. The molecule has 0 saturated heterocycles. The second-order valence-corrected chi connectivity index (χ2v) is 4.44. The maximum Gasteiger partial charge on any atom is 0.371 e. The highest BCUT2D eigenvalue weighted by molar-refractivity contribution is 6.21. The fourth-order valence-corrected chi connectivity index (χ4v) is 1.46. The molecule has 0 bridgehead atoms. The van der Waals surface area contributed by atoms with E-state index in [4.69, 9.17) is 25.8 Å². The Kier molecular flexibility index (Phi) is 5.98. The molecule has 0 aliphatic heterocycles. The lowest BCUT2D eigenvalue weighted by Crippen LogP contribution is -2.39. The molecule has 3 nitrogen and oxygen atoms in total. The Balaban J connectivity index is 4.32. The maximum absolute atomic E-state index is 6.06. The number of hydrogen-bond donors (Lipinski definition) is 0. The summed E-state index contributed by atoms with van der Waals surface area (Å²) in [5, 5.41) is 0. The molecule has 14 heavy (non-hydrogen) atoms. The monoisotopic (exact) mass is 224 g/mol. The van der Waals surface area contributed by atoms with Gasteiger partial charge in [0.2, 0.25) is 0 Å². The average molecular weight is 225 g/mol. The molecule has 0 saturated carbocycles. The van der Waals surface area contributed by atoms with Gasteiger partial charge in [-0.3, -0.25) is 0 Å². The molecule has 0 rings (SSSR count). The Morgan fingerprint density at radius 1 is 0.714 bits per heavy atom. The SMILES string of the molecule is CC(C)OC(Cl)(OC(C)C)OC(C)C. The van der Waals surface area contributed by atoms with Gasteiger partial charge in [0, 0.05) is 0 Å². The molecule has 4 heteroatoms. The molecule has 0 unspecified atom stereocenters.